The molecule has 1 unspecified atom stereocenters. The Morgan fingerprint density at radius 2 is 1.87 bits per heavy atom. The zero-order chi connectivity index (χ0) is 22.5. The number of ether oxygens (including phenoxy) is 1. The largest absolute Gasteiger partial charge is 0.489 e. The number of benzene rings is 2. The molecule has 6 nitrogen and oxygen atoms in total. The summed E-state index contributed by atoms with van der Waals surface area (Å²) in [6.45, 7) is 4.08. The molecule has 1 amide bonds. The highest BCUT2D eigenvalue weighted by atomic mass is 35.5. The van der Waals surface area contributed by atoms with Crippen LogP contribution in [0.5, 0.6) is 5.75 Å². The van der Waals surface area contributed by atoms with Gasteiger partial charge in [0.1, 0.15) is 28.6 Å². The van der Waals surface area contributed by atoms with E-state index in [9.17, 15) is 9.90 Å². The number of nitrogens with one attached hydrogen (secondary N) is 1. The highest BCUT2D eigenvalue weighted by Crippen LogP contribution is 2.31. The van der Waals surface area contributed by atoms with Crippen molar-refractivity contribution < 1.29 is 14.6 Å². The first-order valence-corrected chi connectivity index (χ1v) is 10.7. The standard InChI is InChI=1S/C22H22Cl3N3O3/c1-13-6-8-15(9-7-13)11-28-21(25)19(14(2)27-28)22(30)26-10-16(29)12-31-18-5-3-4-17(23)20(18)24/h3-9,16,29H,10-12H2,1-2H3,(H,26,30). The molecule has 0 aliphatic carbocycles. The van der Waals surface area contributed by atoms with Gasteiger partial charge in [-0.1, -0.05) is 70.7 Å². The molecule has 0 bridgehead atoms. The Labute approximate surface area is 195 Å². The highest BCUT2D eigenvalue weighted by molar-refractivity contribution is 6.42. The fourth-order valence-corrected chi connectivity index (χ4v) is 3.59. The maximum Gasteiger partial charge on any atom is 0.256 e. The predicted molar refractivity (Wildman–Crippen MR) is 123 cm³/mol. The molecule has 0 saturated heterocycles. The van der Waals surface area contributed by atoms with Crippen LogP contribution >= 0.6 is 34.8 Å². The summed E-state index contributed by atoms with van der Waals surface area (Å²) in [6.07, 6.45) is -0.958. The fourth-order valence-electron chi connectivity index (χ4n) is 2.92. The number of rotatable bonds is 8. The average molecular weight is 483 g/mol. The van der Waals surface area contributed by atoms with Gasteiger partial charge in [0.05, 0.1) is 22.8 Å². The topological polar surface area (TPSA) is 76.4 Å². The molecule has 9 heteroatoms. The normalized spacial score (nSPS) is 11.9. The SMILES string of the molecule is Cc1ccc(Cn2nc(C)c(C(=O)NCC(O)COc3cccc(Cl)c3Cl)c2Cl)cc1. The lowest BCUT2D eigenvalue weighted by molar-refractivity contribution is 0.0843. The molecule has 0 aliphatic rings. The first-order chi connectivity index (χ1) is 14.8. The number of carbonyl (C=O) groups excluding carboxylic acids is 1. The summed E-state index contributed by atoms with van der Waals surface area (Å²) in [5, 5.41) is 18.1. The summed E-state index contributed by atoms with van der Waals surface area (Å²) in [6, 6.07) is 13.0. The Hall–Kier alpha value is -2.25. The van der Waals surface area contributed by atoms with Gasteiger partial charge >= 0.3 is 0 Å². The molecule has 1 aromatic heterocycles. The molecule has 2 aromatic carbocycles. The van der Waals surface area contributed by atoms with Crippen molar-refractivity contribution >= 4 is 40.7 Å². The minimum absolute atomic E-state index is 0.0318. The number of aryl methyl sites for hydroxylation is 2. The molecular formula is C22H22Cl3N3O3. The quantitative estimate of drug-likeness (QED) is 0.489. The van der Waals surface area contributed by atoms with Crippen LogP contribution in [0.2, 0.25) is 15.2 Å². The van der Waals surface area contributed by atoms with Gasteiger partial charge in [0.25, 0.3) is 5.91 Å². The first kappa shape index (κ1) is 23.4. The smallest absolute Gasteiger partial charge is 0.256 e. The van der Waals surface area contributed by atoms with Gasteiger partial charge in [-0.15, -0.1) is 0 Å². The summed E-state index contributed by atoms with van der Waals surface area (Å²) in [5.74, 6) is -0.0618. The van der Waals surface area contributed by atoms with Gasteiger partial charge in [0.2, 0.25) is 0 Å². The van der Waals surface area contributed by atoms with Crippen LogP contribution in [-0.4, -0.2) is 40.0 Å². The van der Waals surface area contributed by atoms with Crippen molar-refractivity contribution in [1.82, 2.24) is 15.1 Å². The molecule has 0 spiro atoms. The molecule has 0 fully saturated rings. The van der Waals surface area contributed by atoms with Gasteiger partial charge in [-0.2, -0.15) is 5.10 Å². The summed E-state index contributed by atoms with van der Waals surface area (Å²) in [5.41, 5.74) is 2.96. The van der Waals surface area contributed by atoms with Crippen LogP contribution < -0.4 is 10.1 Å². The number of aromatic nitrogens is 2. The zero-order valence-corrected chi connectivity index (χ0v) is 19.3. The Bertz CT molecular complexity index is 1070. The van der Waals surface area contributed by atoms with Crippen molar-refractivity contribution in [2.45, 2.75) is 26.5 Å². The molecule has 0 saturated carbocycles. The van der Waals surface area contributed by atoms with Crippen molar-refractivity contribution in [3.05, 3.63) is 80.0 Å². The number of hydrogen-bond donors (Lipinski definition) is 2. The Balaban J connectivity index is 1.58. The maximum atomic E-state index is 12.6. The van der Waals surface area contributed by atoms with Crippen LogP contribution in [0.25, 0.3) is 0 Å². The van der Waals surface area contributed by atoms with Gasteiger partial charge in [-0.25, -0.2) is 4.68 Å². The lowest BCUT2D eigenvalue weighted by atomic mass is 10.1. The van der Waals surface area contributed by atoms with Gasteiger partial charge in [-0.05, 0) is 31.5 Å². The second kappa shape index (κ2) is 10.4. The molecule has 1 atom stereocenters. The van der Waals surface area contributed by atoms with Crippen molar-refractivity contribution in [3.63, 3.8) is 0 Å². The Morgan fingerprint density at radius 3 is 2.58 bits per heavy atom. The third-order valence-electron chi connectivity index (χ3n) is 4.59. The van der Waals surface area contributed by atoms with Crippen LogP contribution in [0.4, 0.5) is 0 Å². The number of hydrogen-bond acceptors (Lipinski definition) is 4. The zero-order valence-electron chi connectivity index (χ0n) is 17.0. The lowest BCUT2D eigenvalue weighted by Gasteiger charge is -2.14. The molecule has 31 heavy (non-hydrogen) atoms. The minimum atomic E-state index is -0.958. The Morgan fingerprint density at radius 1 is 1.16 bits per heavy atom. The molecule has 0 aliphatic heterocycles. The van der Waals surface area contributed by atoms with Crippen molar-refractivity contribution in [2.75, 3.05) is 13.2 Å². The van der Waals surface area contributed by atoms with Gasteiger partial charge < -0.3 is 15.2 Å². The number of carbonyl (C=O) groups is 1. The van der Waals surface area contributed by atoms with E-state index in [1.54, 1.807) is 29.8 Å². The van der Waals surface area contributed by atoms with Crippen molar-refractivity contribution in [3.8, 4) is 5.75 Å². The van der Waals surface area contributed by atoms with Crippen LogP contribution in [-0.2, 0) is 6.54 Å². The fraction of sp³-hybridized carbons (Fsp3) is 0.273. The van der Waals surface area contributed by atoms with Crippen LogP contribution in [0.1, 0.15) is 27.2 Å². The van der Waals surface area contributed by atoms with E-state index < -0.39 is 12.0 Å². The van der Waals surface area contributed by atoms with E-state index in [4.69, 9.17) is 39.5 Å². The molecule has 3 aromatic rings. The van der Waals surface area contributed by atoms with Crippen molar-refractivity contribution in [1.29, 1.82) is 0 Å². The summed E-state index contributed by atoms with van der Waals surface area (Å²) < 4.78 is 7.06. The van der Waals surface area contributed by atoms with E-state index in [2.05, 4.69) is 10.4 Å². The third-order valence-corrected chi connectivity index (χ3v) is 5.78. The molecule has 2 N–H and O–H groups in total. The van der Waals surface area contributed by atoms with E-state index in [0.29, 0.717) is 23.0 Å². The molecule has 3 rings (SSSR count). The maximum absolute atomic E-state index is 12.6. The van der Waals surface area contributed by atoms with Gasteiger partial charge in [0.15, 0.2) is 0 Å². The predicted octanol–water partition coefficient (Wildman–Crippen LogP) is 4.68. The average Bonchev–Trinajstić information content (AvgIpc) is 3.02. The third kappa shape index (κ3) is 5.92. The number of aliphatic hydroxyl groups is 1. The highest BCUT2D eigenvalue weighted by Gasteiger charge is 2.21. The lowest BCUT2D eigenvalue weighted by Crippen LogP contribution is -2.35. The number of aliphatic hydroxyl groups excluding tert-OH is 1. The first-order valence-electron chi connectivity index (χ1n) is 9.57. The monoisotopic (exact) mass is 481 g/mol. The van der Waals surface area contributed by atoms with Crippen molar-refractivity contribution in [2.24, 2.45) is 0 Å². The van der Waals surface area contributed by atoms with Gasteiger partial charge in [-0.3, -0.25) is 4.79 Å². The number of halogens is 3. The Kier molecular flexibility index (Phi) is 7.84. The van der Waals surface area contributed by atoms with E-state index >= 15 is 0 Å². The minimum Gasteiger partial charge on any atom is -0.489 e. The second-order valence-corrected chi connectivity index (χ2v) is 8.26. The summed E-state index contributed by atoms with van der Waals surface area (Å²) >= 11 is 18.4. The summed E-state index contributed by atoms with van der Waals surface area (Å²) in [7, 11) is 0. The number of nitrogens with zero attached hydrogens (tertiary/aromatic N) is 2. The van der Waals surface area contributed by atoms with Crippen LogP contribution in [0.15, 0.2) is 42.5 Å². The summed E-state index contributed by atoms with van der Waals surface area (Å²) in [4.78, 5) is 12.6. The molecule has 164 valence electrons. The second-order valence-electron chi connectivity index (χ2n) is 7.12. The van der Waals surface area contributed by atoms with E-state index in [1.165, 1.54) is 0 Å². The van der Waals surface area contributed by atoms with Crippen LogP contribution in [0, 0.1) is 13.8 Å². The molecule has 0 radical (unpaired) electrons. The van der Waals surface area contributed by atoms with E-state index in [-0.39, 0.29) is 28.9 Å². The molecular weight excluding hydrogens is 461 g/mol. The van der Waals surface area contributed by atoms with E-state index in [0.717, 1.165) is 11.1 Å². The molecule has 1 heterocycles. The van der Waals surface area contributed by atoms with Crippen LogP contribution in [0.3, 0.4) is 0 Å². The number of amides is 1. The van der Waals surface area contributed by atoms with E-state index in [1.807, 2.05) is 31.2 Å². The van der Waals surface area contributed by atoms with Gasteiger partial charge in [0, 0.05) is 6.54 Å².